The zero-order valence-electron chi connectivity index (χ0n) is 13.0. The van der Waals surface area contributed by atoms with Crippen molar-refractivity contribution >= 4 is 17.8 Å². The molecule has 126 valence electrons. The number of carbonyl (C=O) groups excluding carboxylic acids is 3. The van der Waals surface area contributed by atoms with E-state index in [9.17, 15) is 18.8 Å². The van der Waals surface area contributed by atoms with Gasteiger partial charge in [0, 0.05) is 13.0 Å². The number of carbonyl (C=O) groups is 3. The molecule has 1 saturated heterocycles. The monoisotopic (exact) mass is 332 g/mol. The molecule has 0 bridgehead atoms. The minimum absolute atomic E-state index is 0.0237. The van der Waals surface area contributed by atoms with Crippen LogP contribution in [0.1, 0.15) is 28.8 Å². The van der Waals surface area contributed by atoms with E-state index in [4.69, 9.17) is 4.74 Å². The molecule has 2 fully saturated rings. The van der Waals surface area contributed by atoms with Crippen LogP contribution in [0.4, 0.5) is 4.39 Å². The SMILES string of the molecule is O=C1OC(C(=O)N2CC(=O)N(CC3CC3)C2)Cc2ccc(F)cc21. The molecule has 2 heterocycles. The van der Waals surface area contributed by atoms with Crippen LogP contribution in [0, 0.1) is 11.7 Å². The van der Waals surface area contributed by atoms with Crippen LogP contribution in [0.3, 0.4) is 0 Å². The molecule has 0 spiro atoms. The molecular formula is C17H17FN2O4. The maximum Gasteiger partial charge on any atom is 0.339 e. The summed E-state index contributed by atoms with van der Waals surface area (Å²) in [5, 5.41) is 0. The molecule has 0 radical (unpaired) electrons. The molecule has 3 aliphatic rings. The fourth-order valence-corrected chi connectivity index (χ4v) is 3.21. The van der Waals surface area contributed by atoms with E-state index in [1.807, 2.05) is 0 Å². The van der Waals surface area contributed by atoms with E-state index in [1.54, 1.807) is 4.90 Å². The Balaban J connectivity index is 1.46. The highest BCUT2D eigenvalue weighted by atomic mass is 19.1. The van der Waals surface area contributed by atoms with E-state index >= 15 is 0 Å². The Morgan fingerprint density at radius 2 is 2.08 bits per heavy atom. The maximum absolute atomic E-state index is 13.2. The number of hydrogen-bond donors (Lipinski definition) is 0. The lowest BCUT2D eigenvalue weighted by atomic mass is 9.98. The summed E-state index contributed by atoms with van der Waals surface area (Å²) in [6.45, 7) is 0.962. The standard InChI is InChI=1S/C17H17FN2O4/c18-12-4-3-11-5-14(24-17(23)13(11)6-12)16(22)20-8-15(21)19(9-20)7-10-1-2-10/h3-4,6,10,14H,1-2,5,7-9H2. The average Bonchev–Trinajstić information content (AvgIpc) is 3.30. The predicted octanol–water partition coefficient (Wildman–Crippen LogP) is 0.945. The van der Waals surface area contributed by atoms with Crippen LogP contribution < -0.4 is 0 Å². The third-order valence-electron chi connectivity index (χ3n) is 4.73. The Morgan fingerprint density at radius 3 is 2.83 bits per heavy atom. The number of rotatable bonds is 3. The van der Waals surface area contributed by atoms with E-state index in [0.717, 1.165) is 18.9 Å². The molecule has 1 saturated carbocycles. The Labute approximate surface area is 138 Å². The number of ether oxygens (including phenoxy) is 1. The maximum atomic E-state index is 13.2. The smallest absolute Gasteiger partial charge is 0.339 e. The second-order valence-corrected chi connectivity index (χ2v) is 6.64. The lowest BCUT2D eigenvalue weighted by Crippen LogP contribution is -2.44. The van der Waals surface area contributed by atoms with Crippen LogP contribution >= 0.6 is 0 Å². The van der Waals surface area contributed by atoms with Crippen molar-refractivity contribution in [3.05, 3.63) is 35.1 Å². The van der Waals surface area contributed by atoms with Crippen molar-refractivity contribution in [2.75, 3.05) is 19.8 Å². The molecule has 6 nitrogen and oxygen atoms in total. The van der Waals surface area contributed by atoms with Gasteiger partial charge in [-0.2, -0.15) is 0 Å². The lowest BCUT2D eigenvalue weighted by Gasteiger charge is -2.27. The van der Waals surface area contributed by atoms with Crippen molar-refractivity contribution in [3.8, 4) is 0 Å². The Kier molecular flexibility index (Phi) is 3.51. The first-order valence-corrected chi connectivity index (χ1v) is 8.07. The van der Waals surface area contributed by atoms with Gasteiger partial charge in [-0.25, -0.2) is 9.18 Å². The summed E-state index contributed by atoms with van der Waals surface area (Å²) in [4.78, 5) is 39.8. The number of hydrogen-bond acceptors (Lipinski definition) is 4. The predicted molar refractivity (Wildman–Crippen MR) is 80.3 cm³/mol. The van der Waals surface area contributed by atoms with Crippen LogP contribution in [0.15, 0.2) is 18.2 Å². The minimum atomic E-state index is -0.955. The number of benzene rings is 1. The van der Waals surface area contributed by atoms with Gasteiger partial charge in [-0.1, -0.05) is 6.07 Å². The minimum Gasteiger partial charge on any atom is -0.448 e. The summed E-state index contributed by atoms with van der Waals surface area (Å²) in [6, 6.07) is 3.88. The van der Waals surface area contributed by atoms with Crippen LogP contribution in [-0.2, 0) is 20.7 Å². The van der Waals surface area contributed by atoms with Gasteiger partial charge in [-0.15, -0.1) is 0 Å². The fraction of sp³-hybridized carbons (Fsp3) is 0.471. The van der Waals surface area contributed by atoms with Gasteiger partial charge in [-0.3, -0.25) is 9.59 Å². The van der Waals surface area contributed by atoms with Crippen LogP contribution in [0.25, 0.3) is 0 Å². The highest BCUT2D eigenvalue weighted by molar-refractivity contribution is 5.97. The highest BCUT2D eigenvalue weighted by Crippen LogP contribution is 2.31. The summed E-state index contributed by atoms with van der Waals surface area (Å²) in [6.07, 6.45) is 1.51. The van der Waals surface area contributed by atoms with Crippen molar-refractivity contribution in [1.82, 2.24) is 9.80 Å². The second kappa shape index (κ2) is 5.58. The molecule has 1 atom stereocenters. The molecule has 4 rings (SSSR count). The molecule has 1 aliphatic carbocycles. The Bertz CT molecular complexity index is 731. The van der Waals surface area contributed by atoms with Crippen LogP contribution in [0.2, 0.25) is 0 Å². The van der Waals surface area contributed by atoms with Crippen molar-refractivity contribution in [2.45, 2.75) is 25.4 Å². The third-order valence-corrected chi connectivity index (χ3v) is 4.73. The molecule has 24 heavy (non-hydrogen) atoms. The molecule has 1 aromatic rings. The summed E-state index contributed by atoms with van der Waals surface area (Å²) in [7, 11) is 0. The van der Waals surface area contributed by atoms with Crippen molar-refractivity contribution in [1.29, 1.82) is 0 Å². The first-order valence-electron chi connectivity index (χ1n) is 8.07. The number of esters is 1. The van der Waals surface area contributed by atoms with Crippen molar-refractivity contribution in [2.24, 2.45) is 5.92 Å². The van der Waals surface area contributed by atoms with Gasteiger partial charge in [-0.05, 0) is 36.5 Å². The third kappa shape index (κ3) is 2.74. The number of halogens is 1. The van der Waals surface area contributed by atoms with E-state index in [2.05, 4.69) is 0 Å². The zero-order chi connectivity index (χ0) is 16.8. The summed E-state index contributed by atoms with van der Waals surface area (Å²) >= 11 is 0. The van der Waals surface area contributed by atoms with Gasteiger partial charge < -0.3 is 14.5 Å². The lowest BCUT2D eigenvalue weighted by molar-refractivity contribution is -0.140. The Hall–Kier alpha value is -2.44. The molecule has 7 heteroatoms. The van der Waals surface area contributed by atoms with Crippen LogP contribution in [-0.4, -0.2) is 53.4 Å². The number of fused-ring (bicyclic) bond motifs is 1. The molecular weight excluding hydrogens is 315 g/mol. The number of nitrogens with zero attached hydrogens (tertiary/aromatic N) is 2. The zero-order valence-corrected chi connectivity index (χ0v) is 13.0. The van der Waals surface area contributed by atoms with Gasteiger partial charge in [0.15, 0.2) is 6.10 Å². The highest BCUT2D eigenvalue weighted by Gasteiger charge is 2.40. The molecule has 1 aromatic carbocycles. The average molecular weight is 332 g/mol. The number of cyclic esters (lactones) is 1. The summed E-state index contributed by atoms with van der Waals surface area (Å²) in [5.74, 6) is -1.10. The first-order chi connectivity index (χ1) is 11.5. The topological polar surface area (TPSA) is 66.9 Å². The largest absolute Gasteiger partial charge is 0.448 e. The molecule has 2 amide bonds. The van der Waals surface area contributed by atoms with Crippen molar-refractivity contribution < 1.29 is 23.5 Å². The quantitative estimate of drug-likeness (QED) is 0.773. The van der Waals surface area contributed by atoms with Crippen LogP contribution in [0.5, 0.6) is 0 Å². The molecule has 2 aliphatic heterocycles. The summed E-state index contributed by atoms with van der Waals surface area (Å²) in [5.41, 5.74) is 0.748. The van der Waals surface area contributed by atoms with Gasteiger partial charge in [0.05, 0.1) is 12.2 Å². The van der Waals surface area contributed by atoms with Gasteiger partial charge in [0.1, 0.15) is 12.4 Å². The van der Waals surface area contributed by atoms with E-state index in [1.165, 1.54) is 17.0 Å². The fourth-order valence-electron chi connectivity index (χ4n) is 3.21. The number of amides is 2. The van der Waals surface area contributed by atoms with E-state index < -0.39 is 17.9 Å². The molecule has 1 unspecified atom stereocenters. The van der Waals surface area contributed by atoms with Crippen molar-refractivity contribution in [3.63, 3.8) is 0 Å². The normalized spacial score (nSPS) is 23.3. The van der Waals surface area contributed by atoms with E-state index in [0.29, 0.717) is 18.0 Å². The van der Waals surface area contributed by atoms with Gasteiger partial charge >= 0.3 is 5.97 Å². The van der Waals surface area contributed by atoms with Gasteiger partial charge in [0.2, 0.25) is 5.91 Å². The molecule has 0 N–H and O–H groups in total. The van der Waals surface area contributed by atoms with E-state index in [-0.39, 0.29) is 37.0 Å². The molecule has 0 aromatic heterocycles. The second-order valence-electron chi connectivity index (χ2n) is 6.64. The Morgan fingerprint density at radius 1 is 1.29 bits per heavy atom. The van der Waals surface area contributed by atoms with Gasteiger partial charge in [0.25, 0.3) is 5.91 Å². The first kappa shape index (κ1) is 15.1. The summed E-state index contributed by atoms with van der Waals surface area (Å²) < 4.78 is 18.4.